The Balaban J connectivity index is 2.76. The average Bonchev–Trinajstić information content (AvgIpc) is 2.59. The Hall–Kier alpha value is -1.00. The largest absolute Gasteiger partial charge is 0.493 e. The number of halogens is 1. The highest BCUT2D eigenvalue weighted by Crippen LogP contribution is 2.33. The summed E-state index contributed by atoms with van der Waals surface area (Å²) in [4.78, 5) is 0. The van der Waals surface area contributed by atoms with E-state index in [1.165, 1.54) is 0 Å². The second-order valence-electron chi connectivity index (χ2n) is 2.90. The van der Waals surface area contributed by atoms with Crippen molar-refractivity contribution < 1.29 is 14.3 Å². The molecular weight excluding hydrogens is 248 g/mol. The third-order valence-electron chi connectivity index (χ3n) is 2.07. The fraction of sp³-hybridized carbons (Fsp3) is 0.200. The molecule has 0 spiro atoms. The third kappa shape index (κ3) is 1.40. The molecule has 3 nitrogen and oxygen atoms in total. The van der Waals surface area contributed by atoms with Gasteiger partial charge in [-0.2, -0.15) is 0 Å². The first-order valence-electron chi connectivity index (χ1n) is 4.10. The number of hydrogen-bond donors (Lipinski definition) is 1. The maximum Gasteiger partial charge on any atom is 0.176 e. The number of rotatable bonds is 2. The van der Waals surface area contributed by atoms with Crippen molar-refractivity contribution in [2.24, 2.45) is 0 Å². The van der Waals surface area contributed by atoms with E-state index >= 15 is 0 Å². The van der Waals surface area contributed by atoms with E-state index in [0.29, 0.717) is 11.3 Å². The lowest BCUT2D eigenvalue weighted by molar-refractivity contribution is 0.281. The summed E-state index contributed by atoms with van der Waals surface area (Å²) >= 11 is 3.37. The van der Waals surface area contributed by atoms with Crippen LogP contribution in [0, 0.1) is 0 Å². The zero-order valence-corrected chi connectivity index (χ0v) is 9.17. The normalized spacial score (nSPS) is 10.8. The maximum atomic E-state index is 9.06. The van der Waals surface area contributed by atoms with E-state index in [-0.39, 0.29) is 6.61 Å². The Labute approximate surface area is 89.4 Å². The minimum Gasteiger partial charge on any atom is -0.493 e. The van der Waals surface area contributed by atoms with Gasteiger partial charge in [0, 0.05) is 15.4 Å². The molecule has 0 aliphatic heterocycles. The highest BCUT2D eigenvalue weighted by Gasteiger charge is 2.10. The molecule has 0 aliphatic rings. The van der Waals surface area contributed by atoms with Crippen LogP contribution in [0.15, 0.2) is 27.3 Å². The van der Waals surface area contributed by atoms with Crippen molar-refractivity contribution in [3.63, 3.8) is 0 Å². The van der Waals surface area contributed by atoms with Gasteiger partial charge >= 0.3 is 0 Å². The number of benzene rings is 1. The number of methoxy groups -OCH3 is 1. The minimum atomic E-state index is -0.0351. The van der Waals surface area contributed by atoms with E-state index in [9.17, 15) is 0 Å². The number of aliphatic hydroxyl groups excluding tert-OH is 1. The van der Waals surface area contributed by atoms with Crippen molar-refractivity contribution in [1.82, 2.24) is 0 Å². The zero-order chi connectivity index (χ0) is 10.1. The molecule has 2 aromatic rings. The lowest BCUT2D eigenvalue weighted by atomic mass is 10.2. The van der Waals surface area contributed by atoms with Gasteiger partial charge in [0.05, 0.1) is 20.0 Å². The van der Waals surface area contributed by atoms with Crippen LogP contribution in [0.5, 0.6) is 5.75 Å². The van der Waals surface area contributed by atoms with Gasteiger partial charge in [-0.05, 0) is 12.1 Å². The van der Waals surface area contributed by atoms with Crippen LogP contribution >= 0.6 is 15.9 Å². The highest BCUT2D eigenvalue weighted by molar-refractivity contribution is 9.10. The number of aliphatic hydroxyl groups is 1. The van der Waals surface area contributed by atoms with Crippen LogP contribution < -0.4 is 4.74 Å². The monoisotopic (exact) mass is 256 g/mol. The van der Waals surface area contributed by atoms with Gasteiger partial charge < -0.3 is 14.3 Å². The third-order valence-corrected chi connectivity index (χ3v) is 2.53. The van der Waals surface area contributed by atoms with E-state index in [1.54, 1.807) is 13.4 Å². The second-order valence-corrected chi connectivity index (χ2v) is 3.82. The van der Waals surface area contributed by atoms with Gasteiger partial charge in [-0.1, -0.05) is 15.9 Å². The summed E-state index contributed by atoms with van der Waals surface area (Å²) in [5.74, 6) is 0.661. The summed E-state index contributed by atoms with van der Waals surface area (Å²) in [7, 11) is 1.59. The van der Waals surface area contributed by atoms with Crippen LogP contribution in [0.2, 0.25) is 0 Å². The van der Waals surface area contributed by atoms with Gasteiger partial charge in [0.15, 0.2) is 11.3 Å². The van der Waals surface area contributed by atoms with E-state index in [2.05, 4.69) is 15.9 Å². The van der Waals surface area contributed by atoms with Gasteiger partial charge in [0.1, 0.15) is 0 Å². The van der Waals surface area contributed by atoms with Crippen molar-refractivity contribution in [3.8, 4) is 5.75 Å². The Bertz CT molecular complexity index is 462. The van der Waals surface area contributed by atoms with E-state index in [4.69, 9.17) is 14.3 Å². The summed E-state index contributed by atoms with van der Waals surface area (Å²) in [5.41, 5.74) is 1.43. The molecule has 0 saturated carbocycles. The van der Waals surface area contributed by atoms with Crippen molar-refractivity contribution in [2.75, 3.05) is 7.11 Å². The Morgan fingerprint density at radius 2 is 2.29 bits per heavy atom. The van der Waals surface area contributed by atoms with E-state index in [0.717, 1.165) is 15.4 Å². The molecule has 0 unspecified atom stereocenters. The predicted molar refractivity (Wildman–Crippen MR) is 56.4 cm³/mol. The standard InChI is InChI=1S/C10H9BrO3/c1-13-9-3-7(11)2-8-6(4-12)5-14-10(8)9/h2-3,5,12H,4H2,1H3. The Morgan fingerprint density at radius 3 is 2.93 bits per heavy atom. The van der Waals surface area contributed by atoms with Gasteiger partial charge in [0.2, 0.25) is 0 Å². The van der Waals surface area contributed by atoms with E-state index in [1.807, 2.05) is 12.1 Å². The summed E-state index contributed by atoms with van der Waals surface area (Å²) in [6.45, 7) is -0.0351. The van der Waals surface area contributed by atoms with Crippen LogP contribution in [0.25, 0.3) is 11.0 Å². The number of ether oxygens (including phenoxy) is 1. The van der Waals surface area contributed by atoms with Crippen molar-refractivity contribution in [1.29, 1.82) is 0 Å². The quantitative estimate of drug-likeness (QED) is 0.899. The predicted octanol–water partition coefficient (Wildman–Crippen LogP) is 2.70. The van der Waals surface area contributed by atoms with Gasteiger partial charge in [-0.25, -0.2) is 0 Å². The molecule has 0 bridgehead atoms. The van der Waals surface area contributed by atoms with Gasteiger partial charge in [-0.15, -0.1) is 0 Å². The summed E-state index contributed by atoms with van der Waals surface area (Å²) in [6, 6.07) is 3.72. The molecule has 74 valence electrons. The molecule has 0 amide bonds. The molecule has 14 heavy (non-hydrogen) atoms. The maximum absolute atomic E-state index is 9.06. The molecule has 1 heterocycles. The fourth-order valence-electron chi connectivity index (χ4n) is 1.40. The molecule has 1 aromatic heterocycles. The van der Waals surface area contributed by atoms with Crippen LogP contribution in [0.3, 0.4) is 0 Å². The first kappa shape index (κ1) is 9.55. The highest BCUT2D eigenvalue weighted by atomic mass is 79.9. The molecule has 1 N–H and O–H groups in total. The van der Waals surface area contributed by atoms with Crippen molar-refractivity contribution in [3.05, 3.63) is 28.4 Å². The molecule has 0 aliphatic carbocycles. The smallest absolute Gasteiger partial charge is 0.176 e. The molecule has 0 atom stereocenters. The fourth-order valence-corrected chi connectivity index (χ4v) is 1.83. The minimum absolute atomic E-state index is 0.0351. The van der Waals surface area contributed by atoms with Crippen LogP contribution in [-0.4, -0.2) is 12.2 Å². The number of hydrogen-bond acceptors (Lipinski definition) is 3. The second kappa shape index (κ2) is 3.63. The van der Waals surface area contributed by atoms with Gasteiger partial charge in [-0.3, -0.25) is 0 Å². The Morgan fingerprint density at radius 1 is 1.50 bits per heavy atom. The molecule has 0 radical (unpaired) electrons. The van der Waals surface area contributed by atoms with E-state index < -0.39 is 0 Å². The van der Waals surface area contributed by atoms with Crippen LogP contribution in [0.4, 0.5) is 0 Å². The molecule has 1 aromatic carbocycles. The van der Waals surface area contributed by atoms with Crippen molar-refractivity contribution >= 4 is 26.9 Å². The van der Waals surface area contributed by atoms with Crippen LogP contribution in [0.1, 0.15) is 5.56 Å². The first-order valence-corrected chi connectivity index (χ1v) is 4.90. The lowest BCUT2D eigenvalue weighted by Gasteiger charge is -2.01. The molecule has 0 fully saturated rings. The number of furan rings is 1. The van der Waals surface area contributed by atoms with Gasteiger partial charge in [0.25, 0.3) is 0 Å². The zero-order valence-electron chi connectivity index (χ0n) is 7.58. The summed E-state index contributed by atoms with van der Waals surface area (Å²) < 4.78 is 11.4. The molecule has 0 saturated heterocycles. The number of fused-ring (bicyclic) bond motifs is 1. The first-order chi connectivity index (χ1) is 6.76. The molecular formula is C10H9BrO3. The summed E-state index contributed by atoms with van der Waals surface area (Å²) in [6.07, 6.45) is 1.54. The summed E-state index contributed by atoms with van der Waals surface area (Å²) in [5, 5.41) is 9.94. The lowest BCUT2D eigenvalue weighted by Crippen LogP contribution is -1.84. The molecule has 2 rings (SSSR count). The van der Waals surface area contributed by atoms with Crippen molar-refractivity contribution in [2.45, 2.75) is 6.61 Å². The average molecular weight is 257 g/mol. The Kier molecular flexibility index (Phi) is 2.48. The molecule has 4 heteroatoms. The van der Waals surface area contributed by atoms with Crippen LogP contribution in [-0.2, 0) is 6.61 Å². The topological polar surface area (TPSA) is 42.6 Å². The SMILES string of the molecule is COc1cc(Br)cc2c(CO)coc12.